The lowest BCUT2D eigenvalue weighted by molar-refractivity contribution is -0.139. The Morgan fingerprint density at radius 3 is 2.52 bits per heavy atom. The Balaban J connectivity index is 1.96. The van der Waals surface area contributed by atoms with E-state index in [0.717, 1.165) is 0 Å². The van der Waals surface area contributed by atoms with Crippen molar-refractivity contribution in [2.45, 2.75) is 17.4 Å². The van der Waals surface area contributed by atoms with Gasteiger partial charge in [0.15, 0.2) is 0 Å². The fraction of sp³-hybridized carbons (Fsp3) is 0.188. The maximum Gasteiger partial charge on any atom is 0.326 e. The van der Waals surface area contributed by atoms with E-state index in [9.17, 15) is 18.9 Å². The smallest absolute Gasteiger partial charge is 0.326 e. The second kappa shape index (κ2) is 8.19. The summed E-state index contributed by atoms with van der Waals surface area (Å²) < 4.78 is 12.1. The number of aromatic nitrogens is 1. The first-order valence-corrected chi connectivity index (χ1v) is 8.27. The van der Waals surface area contributed by atoms with Gasteiger partial charge in [-0.2, -0.15) is 0 Å². The van der Waals surface area contributed by atoms with Crippen LogP contribution in [0.15, 0.2) is 59.8 Å². The number of carboxylic acids is 1. The maximum atomic E-state index is 12.1. The van der Waals surface area contributed by atoms with Crippen LogP contribution in [0.2, 0.25) is 0 Å². The van der Waals surface area contributed by atoms with Crippen molar-refractivity contribution in [2.24, 2.45) is 0 Å². The Morgan fingerprint density at radius 1 is 1.17 bits per heavy atom. The van der Waals surface area contributed by atoms with Gasteiger partial charge in [0, 0.05) is 23.0 Å². The van der Waals surface area contributed by atoms with Crippen molar-refractivity contribution in [1.82, 2.24) is 10.3 Å². The summed E-state index contributed by atoms with van der Waals surface area (Å²) in [4.78, 5) is 27.7. The Kier molecular flexibility index (Phi) is 5.99. The fourth-order valence-electron chi connectivity index (χ4n) is 1.91. The van der Waals surface area contributed by atoms with Crippen molar-refractivity contribution in [3.8, 4) is 0 Å². The third-order valence-electron chi connectivity index (χ3n) is 3.13. The predicted molar refractivity (Wildman–Crippen MR) is 85.5 cm³/mol. The summed E-state index contributed by atoms with van der Waals surface area (Å²) in [5.74, 6) is -1.53. The molecule has 1 aromatic carbocycles. The molecule has 1 heterocycles. The SMILES string of the molecule is O=C(N[C@@H](CC[S@@](=O)c1ccccc1)C(=O)O)c1cccnc1. The highest BCUT2D eigenvalue weighted by atomic mass is 32.2. The van der Waals surface area contributed by atoms with Crippen molar-refractivity contribution in [3.05, 3.63) is 60.4 Å². The first-order chi connectivity index (χ1) is 11.1. The lowest BCUT2D eigenvalue weighted by Crippen LogP contribution is -2.41. The molecular weight excluding hydrogens is 316 g/mol. The highest BCUT2D eigenvalue weighted by Gasteiger charge is 2.21. The van der Waals surface area contributed by atoms with Crippen molar-refractivity contribution in [2.75, 3.05) is 5.75 Å². The third-order valence-corrected chi connectivity index (χ3v) is 4.53. The minimum Gasteiger partial charge on any atom is -0.480 e. The van der Waals surface area contributed by atoms with Crippen LogP contribution in [0.25, 0.3) is 0 Å². The molecule has 2 N–H and O–H groups in total. The molecule has 0 unspecified atom stereocenters. The summed E-state index contributed by atoms with van der Waals surface area (Å²) in [6.07, 6.45) is 2.95. The van der Waals surface area contributed by atoms with Crippen molar-refractivity contribution >= 4 is 22.7 Å². The zero-order chi connectivity index (χ0) is 16.7. The molecule has 23 heavy (non-hydrogen) atoms. The van der Waals surface area contributed by atoms with Gasteiger partial charge in [-0.15, -0.1) is 0 Å². The average molecular weight is 332 g/mol. The van der Waals surface area contributed by atoms with Gasteiger partial charge in [0.1, 0.15) is 6.04 Å². The van der Waals surface area contributed by atoms with Crippen LogP contribution < -0.4 is 5.32 Å². The summed E-state index contributed by atoms with van der Waals surface area (Å²) >= 11 is 0. The molecule has 0 aliphatic rings. The van der Waals surface area contributed by atoms with E-state index >= 15 is 0 Å². The fourth-order valence-corrected chi connectivity index (χ4v) is 3.06. The molecule has 0 bridgehead atoms. The number of hydrogen-bond acceptors (Lipinski definition) is 4. The Labute approximate surface area is 136 Å². The van der Waals surface area contributed by atoms with Crippen LogP contribution in [-0.2, 0) is 15.6 Å². The van der Waals surface area contributed by atoms with Crippen molar-refractivity contribution in [3.63, 3.8) is 0 Å². The molecule has 0 spiro atoms. The van der Waals surface area contributed by atoms with E-state index in [4.69, 9.17) is 0 Å². The molecule has 6 nitrogen and oxygen atoms in total. The third kappa shape index (κ3) is 5.00. The minimum absolute atomic E-state index is 0.0723. The normalized spacial score (nSPS) is 13.0. The standard InChI is InChI=1S/C16H16N2O4S/c19-15(12-5-4-9-17-11-12)18-14(16(20)21)8-10-23(22)13-6-2-1-3-7-13/h1-7,9,11,14H,8,10H2,(H,18,19)(H,20,21)/t14-,23+/m0/s1. The molecule has 2 aromatic rings. The van der Waals surface area contributed by atoms with E-state index in [-0.39, 0.29) is 17.7 Å². The molecule has 1 aromatic heterocycles. The van der Waals surface area contributed by atoms with Crippen LogP contribution in [0.1, 0.15) is 16.8 Å². The van der Waals surface area contributed by atoms with Crippen LogP contribution in [0.3, 0.4) is 0 Å². The number of carboxylic acid groups (broad SMARTS) is 1. The molecule has 120 valence electrons. The van der Waals surface area contributed by atoms with E-state index in [1.807, 2.05) is 6.07 Å². The lowest BCUT2D eigenvalue weighted by atomic mass is 10.2. The number of hydrogen-bond donors (Lipinski definition) is 2. The number of amides is 1. The molecule has 0 aliphatic heterocycles. The minimum atomic E-state index is -1.31. The number of nitrogens with one attached hydrogen (secondary N) is 1. The second-order valence-corrected chi connectivity index (χ2v) is 6.33. The van der Waals surface area contributed by atoms with Gasteiger partial charge < -0.3 is 10.4 Å². The molecule has 2 atom stereocenters. The summed E-state index contributed by atoms with van der Waals surface area (Å²) in [6.45, 7) is 0. The molecule has 0 saturated carbocycles. The zero-order valence-corrected chi connectivity index (χ0v) is 13.0. The van der Waals surface area contributed by atoms with E-state index in [1.165, 1.54) is 12.4 Å². The maximum absolute atomic E-state index is 12.1. The Bertz CT molecular complexity index is 692. The van der Waals surface area contributed by atoms with Crippen LogP contribution >= 0.6 is 0 Å². The molecular formula is C16H16N2O4S. The largest absolute Gasteiger partial charge is 0.480 e. The number of benzene rings is 1. The van der Waals surface area contributed by atoms with Gasteiger partial charge in [-0.25, -0.2) is 4.79 Å². The number of carbonyl (C=O) groups is 2. The lowest BCUT2D eigenvalue weighted by Gasteiger charge is -2.14. The van der Waals surface area contributed by atoms with Gasteiger partial charge in [-0.05, 0) is 30.7 Å². The summed E-state index contributed by atoms with van der Waals surface area (Å²) in [5, 5.41) is 11.6. The second-order valence-electron chi connectivity index (χ2n) is 4.76. The van der Waals surface area contributed by atoms with Crippen molar-refractivity contribution in [1.29, 1.82) is 0 Å². The Hall–Kier alpha value is -2.54. The van der Waals surface area contributed by atoms with Crippen LogP contribution in [0.4, 0.5) is 0 Å². The molecule has 1 amide bonds. The van der Waals surface area contributed by atoms with Gasteiger partial charge in [-0.1, -0.05) is 18.2 Å². The molecule has 0 radical (unpaired) electrons. The van der Waals surface area contributed by atoms with Crippen molar-refractivity contribution < 1.29 is 18.9 Å². The predicted octanol–water partition coefficient (Wildman–Crippen LogP) is 1.46. The average Bonchev–Trinajstić information content (AvgIpc) is 2.59. The molecule has 0 saturated heterocycles. The summed E-state index contributed by atoms with van der Waals surface area (Å²) in [7, 11) is -1.31. The summed E-state index contributed by atoms with van der Waals surface area (Å²) in [5.41, 5.74) is 0.280. The molecule has 0 aliphatic carbocycles. The van der Waals surface area contributed by atoms with Gasteiger partial charge in [0.2, 0.25) is 0 Å². The first kappa shape index (κ1) is 16.8. The number of rotatable bonds is 7. The van der Waals surface area contributed by atoms with Crippen LogP contribution in [0, 0.1) is 0 Å². The highest BCUT2D eigenvalue weighted by Crippen LogP contribution is 2.08. The van der Waals surface area contributed by atoms with E-state index < -0.39 is 28.7 Å². The monoisotopic (exact) mass is 332 g/mol. The van der Waals surface area contributed by atoms with E-state index in [2.05, 4.69) is 10.3 Å². The topological polar surface area (TPSA) is 96.4 Å². The summed E-state index contributed by atoms with van der Waals surface area (Å²) in [6, 6.07) is 10.8. The number of nitrogens with zero attached hydrogens (tertiary/aromatic N) is 1. The first-order valence-electron chi connectivity index (χ1n) is 6.95. The van der Waals surface area contributed by atoms with Crippen LogP contribution in [0.5, 0.6) is 0 Å². The Morgan fingerprint density at radius 2 is 1.91 bits per heavy atom. The highest BCUT2D eigenvalue weighted by molar-refractivity contribution is 7.85. The van der Waals surface area contributed by atoms with Gasteiger partial charge in [-0.3, -0.25) is 14.0 Å². The quantitative estimate of drug-likeness (QED) is 0.800. The number of carbonyl (C=O) groups excluding carboxylic acids is 1. The number of aliphatic carboxylic acids is 1. The molecule has 7 heteroatoms. The van der Waals surface area contributed by atoms with Gasteiger partial charge >= 0.3 is 5.97 Å². The van der Waals surface area contributed by atoms with Crippen LogP contribution in [-0.4, -0.2) is 38.0 Å². The van der Waals surface area contributed by atoms with Gasteiger partial charge in [0.05, 0.1) is 16.4 Å². The van der Waals surface area contributed by atoms with E-state index in [0.29, 0.717) is 4.90 Å². The van der Waals surface area contributed by atoms with Gasteiger partial charge in [0.25, 0.3) is 5.91 Å². The molecule has 2 rings (SSSR count). The van der Waals surface area contributed by atoms with E-state index in [1.54, 1.807) is 36.4 Å². The number of pyridine rings is 1. The molecule has 0 fully saturated rings. The zero-order valence-electron chi connectivity index (χ0n) is 12.2.